The van der Waals surface area contributed by atoms with Crippen molar-refractivity contribution in [1.29, 1.82) is 0 Å². The van der Waals surface area contributed by atoms with E-state index in [1.54, 1.807) is 39.5 Å². The maximum absolute atomic E-state index is 12.1. The zero-order valence-electron chi connectivity index (χ0n) is 15.4. The number of hydrogen-bond acceptors (Lipinski definition) is 5. The summed E-state index contributed by atoms with van der Waals surface area (Å²) in [4.78, 5) is 0. The van der Waals surface area contributed by atoms with Crippen LogP contribution >= 0.6 is 0 Å². The number of methoxy groups -OCH3 is 3. The number of alkyl halides is 3. The molecule has 1 N–H and O–H groups in total. The molecule has 0 radical (unpaired) electrons. The summed E-state index contributed by atoms with van der Waals surface area (Å²) in [6.45, 7) is -0.267. The molecule has 0 unspecified atom stereocenters. The molecule has 148 valence electrons. The quantitative estimate of drug-likeness (QED) is 0.709. The molecule has 0 fully saturated rings. The Morgan fingerprint density at radius 1 is 0.815 bits per heavy atom. The van der Waals surface area contributed by atoms with Crippen molar-refractivity contribution in [3.05, 3.63) is 47.5 Å². The van der Waals surface area contributed by atoms with Gasteiger partial charge in [0.05, 0.1) is 21.3 Å². The van der Waals surface area contributed by atoms with Crippen molar-refractivity contribution in [2.45, 2.75) is 19.3 Å². The van der Waals surface area contributed by atoms with Crippen LogP contribution in [-0.4, -0.2) is 34.1 Å². The summed E-state index contributed by atoms with van der Waals surface area (Å²) in [5, 5.41) is 3.26. The average molecular weight is 385 g/mol. The fraction of sp³-hybridized carbons (Fsp3) is 0.368. The van der Waals surface area contributed by atoms with E-state index in [-0.39, 0.29) is 5.75 Å². The summed E-state index contributed by atoms with van der Waals surface area (Å²) in [6.07, 6.45) is -4.35. The first-order valence-electron chi connectivity index (χ1n) is 8.15. The van der Waals surface area contributed by atoms with Crippen LogP contribution in [0.2, 0.25) is 0 Å². The molecule has 0 aromatic heterocycles. The van der Waals surface area contributed by atoms with Gasteiger partial charge in [-0.1, -0.05) is 18.2 Å². The van der Waals surface area contributed by atoms with E-state index in [9.17, 15) is 13.2 Å². The first-order chi connectivity index (χ1) is 12.9. The van der Waals surface area contributed by atoms with Crippen molar-refractivity contribution in [2.24, 2.45) is 0 Å². The molecule has 0 bridgehead atoms. The monoisotopic (exact) mass is 385 g/mol. The van der Waals surface area contributed by atoms with Crippen molar-refractivity contribution in [1.82, 2.24) is 5.32 Å². The highest BCUT2D eigenvalue weighted by atomic mass is 19.4. The summed E-state index contributed by atoms with van der Waals surface area (Å²) in [5.74, 6) is 1.86. The smallest absolute Gasteiger partial charge is 0.422 e. The summed E-state index contributed by atoms with van der Waals surface area (Å²) in [6, 6.07) is 10.1. The highest BCUT2D eigenvalue weighted by Crippen LogP contribution is 2.39. The zero-order chi connectivity index (χ0) is 19.9. The third-order valence-electron chi connectivity index (χ3n) is 3.76. The fourth-order valence-corrected chi connectivity index (χ4v) is 2.51. The average Bonchev–Trinajstić information content (AvgIpc) is 2.66. The first kappa shape index (κ1) is 20.7. The molecule has 0 aliphatic carbocycles. The number of hydrogen-bond donors (Lipinski definition) is 1. The van der Waals surface area contributed by atoms with Gasteiger partial charge in [0.15, 0.2) is 18.1 Å². The molecule has 0 saturated heterocycles. The minimum atomic E-state index is -4.35. The van der Waals surface area contributed by atoms with E-state index in [1.807, 2.05) is 6.07 Å². The van der Waals surface area contributed by atoms with Gasteiger partial charge in [-0.2, -0.15) is 13.2 Å². The van der Waals surface area contributed by atoms with Crippen molar-refractivity contribution >= 4 is 0 Å². The van der Waals surface area contributed by atoms with Gasteiger partial charge in [0.2, 0.25) is 5.75 Å². The number of halogens is 3. The highest BCUT2D eigenvalue weighted by molar-refractivity contribution is 5.55. The van der Waals surface area contributed by atoms with Crippen molar-refractivity contribution in [2.75, 3.05) is 27.9 Å². The van der Waals surface area contributed by atoms with Crippen LogP contribution in [0.25, 0.3) is 0 Å². The van der Waals surface area contributed by atoms with Gasteiger partial charge in [-0.25, -0.2) is 0 Å². The predicted molar refractivity (Wildman–Crippen MR) is 94.6 cm³/mol. The van der Waals surface area contributed by atoms with Crippen LogP contribution in [0.1, 0.15) is 11.1 Å². The molecule has 0 spiro atoms. The van der Waals surface area contributed by atoms with Crippen LogP contribution in [0.3, 0.4) is 0 Å². The Kier molecular flexibility index (Phi) is 7.18. The molecule has 2 aromatic rings. The topological polar surface area (TPSA) is 49.0 Å². The van der Waals surface area contributed by atoms with Gasteiger partial charge in [0.25, 0.3) is 0 Å². The summed E-state index contributed by atoms with van der Waals surface area (Å²) < 4.78 is 57.2. The largest absolute Gasteiger partial charge is 0.493 e. The Hall–Kier alpha value is -2.61. The molecule has 2 rings (SSSR count). The second-order valence-corrected chi connectivity index (χ2v) is 5.64. The first-order valence-corrected chi connectivity index (χ1v) is 8.15. The molecular weight excluding hydrogens is 363 g/mol. The Balaban J connectivity index is 1.94. The van der Waals surface area contributed by atoms with E-state index in [2.05, 4.69) is 10.1 Å². The lowest BCUT2D eigenvalue weighted by atomic mass is 10.1. The van der Waals surface area contributed by atoms with Crippen LogP contribution in [-0.2, 0) is 13.1 Å². The van der Waals surface area contributed by atoms with E-state index in [0.29, 0.717) is 30.3 Å². The lowest BCUT2D eigenvalue weighted by Crippen LogP contribution is -2.19. The van der Waals surface area contributed by atoms with Crippen LogP contribution in [0.4, 0.5) is 13.2 Å². The number of rotatable bonds is 9. The second-order valence-electron chi connectivity index (χ2n) is 5.64. The van der Waals surface area contributed by atoms with E-state index in [4.69, 9.17) is 14.2 Å². The molecule has 0 heterocycles. The van der Waals surface area contributed by atoms with Crippen LogP contribution in [0.5, 0.6) is 23.0 Å². The second kappa shape index (κ2) is 9.36. The Labute approximate surface area is 156 Å². The molecular formula is C19H22F3NO4. The summed E-state index contributed by atoms with van der Waals surface area (Å²) >= 11 is 0. The molecule has 0 saturated carbocycles. The number of nitrogens with one attached hydrogen (secondary N) is 1. The maximum Gasteiger partial charge on any atom is 0.422 e. The Morgan fingerprint density at radius 2 is 1.48 bits per heavy atom. The fourth-order valence-electron chi connectivity index (χ4n) is 2.51. The maximum atomic E-state index is 12.1. The van der Waals surface area contributed by atoms with Crippen LogP contribution in [0, 0.1) is 0 Å². The normalized spacial score (nSPS) is 11.2. The van der Waals surface area contributed by atoms with Gasteiger partial charge in [-0.3, -0.25) is 0 Å². The minimum Gasteiger partial charge on any atom is -0.493 e. The number of ether oxygens (including phenoxy) is 4. The molecule has 0 aliphatic heterocycles. The molecule has 0 amide bonds. The summed E-state index contributed by atoms with van der Waals surface area (Å²) in [5.41, 5.74) is 1.80. The third kappa shape index (κ3) is 5.96. The van der Waals surface area contributed by atoms with E-state index >= 15 is 0 Å². The lowest BCUT2D eigenvalue weighted by Gasteiger charge is -2.16. The Morgan fingerprint density at radius 3 is 2.04 bits per heavy atom. The van der Waals surface area contributed by atoms with Gasteiger partial charge < -0.3 is 24.3 Å². The van der Waals surface area contributed by atoms with Crippen molar-refractivity contribution < 1.29 is 32.1 Å². The van der Waals surface area contributed by atoms with Crippen LogP contribution in [0.15, 0.2) is 36.4 Å². The molecule has 0 atom stereocenters. The lowest BCUT2D eigenvalue weighted by molar-refractivity contribution is -0.153. The third-order valence-corrected chi connectivity index (χ3v) is 3.76. The minimum absolute atomic E-state index is 0.178. The van der Waals surface area contributed by atoms with Gasteiger partial charge in [0.1, 0.15) is 5.75 Å². The zero-order valence-corrected chi connectivity index (χ0v) is 15.4. The van der Waals surface area contributed by atoms with Crippen LogP contribution < -0.4 is 24.3 Å². The van der Waals surface area contributed by atoms with Gasteiger partial charge in [0, 0.05) is 18.7 Å². The Bertz CT molecular complexity index is 733. The molecule has 27 heavy (non-hydrogen) atoms. The molecule has 5 nitrogen and oxygen atoms in total. The highest BCUT2D eigenvalue weighted by Gasteiger charge is 2.28. The van der Waals surface area contributed by atoms with Crippen molar-refractivity contribution in [3.63, 3.8) is 0 Å². The molecule has 0 aliphatic rings. The standard InChI is InChI=1S/C19H22F3NO4/c1-24-16-9-6-14(17(25-2)18(16)26-3)11-23-10-13-4-7-15(8-5-13)27-12-19(20,21)22/h4-9,23H,10-12H2,1-3H3. The number of benzene rings is 2. The van der Waals surface area contributed by atoms with E-state index in [1.165, 1.54) is 12.1 Å². The van der Waals surface area contributed by atoms with Crippen molar-refractivity contribution in [3.8, 4) is 23.0 Å². The van der Waals surface area contributed by atoms with E-state index in [0.717, 1.165) is 11.1 Å². The SMILES string of the molecule is COc1ccc(CNCc2ccc(OCC(F)(F)F)cc2)c(OC)c1OC. The molecule has 8 heteroatoms. The van der Waals surface area contributed by atoms with Gasteiger partial charge in [-0.15, -0.1) is 0 Å². The molecule has 2 aromatic carbocycles. The van der Waals surface area contributed by atoms with Gasteiger partial charge in [-0.05, 0) is 23.8 Å². The predicted octanol–water partition coefficient (Wildman–Crippen LogP) is 3.94. The van der Waals surface area contributed by atoms with Gasteiger partial charge >= 0.3 is 6.18 Å². The van der Waals surface area contributed by atoms with E-state index < -0.39 is 12.8 Å². The summed E-state index contributed by atoms with van der Waals surface area (Å²) in [7, 11) is 4.65.